The van der Waals surface area contributed by atoms with E-state index in [0.717, 1.165) is 50.7 Å². The van der Waals surface area contributed by atoms with E-state index < -0.39 is 11.2 Å². The van der Waals surface area contributed by atoms with Gasteiger partial charge in [0.1, 0.15) is 0 Å². The molecule has 11 nitrogen and oxygen atoms in total. The largest absolute Gasteiger partial charge is 0.356 e. The molecule has 2 aliphatic rings. The summed E-state index contributed by atoms with van der Waals surface area (Å²) in [5.41, 5.74) is -0.807. The number of aryl methyl sites for hydroxylation is 1. The molecule has 40 heavy (non-hydrogen) atoms. The molecule has 0 radical (unpaired) electrons. The van der Waals surface area contributed by atoms with Crippen molar-refractivity contribution in [2.45, 2.75) is 96.4 Å². The third-order valence-electron chi connectivity index (χ3n) is 6.36. The summed E-state index contributed by atoms with van der Waals surface area (Å²) in [7, 11) is 1.52. The molecule has 4 amide bonds. The van der Waals surface area contributed by atoms with Crippen LogP contribution in [0.15, 0.2) is 21.9 Å². The summed E-state index contributed by atoms with van der Waals surface area (Å²) in [6, 6.07) is 0.401. The number of urea groups is 1. The topological polar surface area (TPSA) is 154 Å². The number of hydrogen-bond donors (Lipinski definition) is 5. The maximum atomic E-state index is 12.0. The van der Waals surface area contributed by atoms with E-state index >= 15 is 0 Å². The lowest BCUT2D eigenvalue weighted by atomic mass is 10.0. The molecule has 2 saturated heterocycles. The monoisotopic (exact) mass is 580 g/mol. The van der Waals surface area contributed by atoms with E-state index in [1.54, 1.807) is 0 Å². The number of rotatable bonds is 14. The molecule has 5 N–H and O–H groups in total. The molecule has 0 saturated carbocycles. The van der Waals surface area contributed by atoms with Gasteiger partial charge in [-0.15, -0.1) is 0 Å². The average Bonchev–Trinajstić information content (AvgIpc) is 3.50. The van der Waals surface area contributed by atoms with Crippen molar-refractivity contribution in [1.29, 1.82) is 0 Å². The van der Waals surface area contributed by atoms with Crippen LogP contribution < -0.4 is 32.5 Å². The molecule has 1 aromatic rings. The van der Waals surface area contributed by atoms with Gasteiger partial charge in [0.25, 0.3) is 5.56 Å². The molecule has 0 bridgehead atoms. The highest BCUT2D eigenvalue weighted by Gasteiger charge is 2.42. The molecule has 2 fully saturated rings. The van der Waals surface area contributed by atoms with Gasteiger partial charge in [-0.1, -0.05) is 47.0 Å². The van der Waals surface area contributed by atoms with Crippen LogP contribution in [-0.4, -0.2) is 63.6 Å². The Balaban J connectivity index is 0.00000191. The minimum atomic E-state index is -0.534. The second kappa shape index (κ2) is 19.9. The van der Waals surface area contributed by atoms with Crippen LogP contribution in [0.2, 0.25) is 0 Å². The number of aromatic nitrogens is 2. The highest BCUT2D eigenvalue weighted by Crippen LogP contribution is 2.33. The van der Waals surface area contributed by atoms with Crippen LogP contribution in [0.1, 0.15) is 84.6 Å². The van der Waals surface area contributed by atoms with Crippen molar-refractivity contribution in [3.05, 3.63) is 38.7 Å². The summed E-state index contributed by atoms with van der Waals surface area (Å²) in [5, 5.41) is 12.1. The highest BCUT2D eigenvalue weighted by molar-refractivity contribution is 8.00. The Morgan fingerprint density at radius 1 is 0.975 bits per heavy atom. The number of nitrogens with zero attached hydrogens (tertiary/aromatic N) is 1. The summed E-state index contributed by atoms with van der Waals surface area (Å²) in [4.78, 5) is 60.5. The Morgan fingerprint density at radius 2 is 1.65 bits per heavy atom. The molecule has 0 spiro atoms. The summed E-state index contributed by atoms with van der Waals surface area (Å²) >= 11 is 1.90. The van der Waals surface area contributed by atoms with Crippen molar-refractivity contribution in [2.24, 2.45) is 7.05 Å². The van der Waals surface area contributed by atoms with Gasteiger partial charge in [-0.05, 0) is 31.8 Å². The van der Waals surface area contributed by atoms with E-state index in [9.17, 15) is 24.0 Å². The smallest absolute Gasteiger partial charge is 0.328 e. The molecule has 12 heteroatoms. The van der Waals surface area contributed by atoms with Crippen molar-refractivity contribution in [3.63, 3.8) is 0 Å². The van der Waals surface area contributed by atoms with Gasteiger partial charge >= 0.3 is 11.7 Å². The SMILES string of the molecule is CC.CC.Cn1cc(/C=C/C(=O)NCCCCCCNC(=O)CCCCC2SCC3NC(=O)NC32)c(=O)[nH]c1=O. The van der Waals surface area contributed by atoms with Crippen LogP contribution in [0.5, 0.6) is 0 Å². The van der Waals surface area contributed by atoms with E-state index in [4.69, 9.17) is 0 Å². The second-order valence-electron chi connectivity index (χ2n) is 9.21. The van der Waals surface area contributed by atoms with Crippen molar-refractivity contribution in [3.8, 4) is 0 Å². The van der Waals surface area contributed by atoms with E-state index in [1.165, 1.54) is 30.0 Å². The van der Waals surface area contributed by atoms with Gasteiger partial charge in [0.05, 0.1) is 17.6 Å². The predicted octanol–water partition coefficient (Wildman–Crippen LogP) is 2.66. The van der Waals surface area contributed by atoms with Crippen molar-refractivity contribution >= 4 is 35.7 Å². The third-order valence-corrected chi connectivity index (χ3v) is 7.86. The molecule has 0 aromatic carbocycles. The van der Waals surface area contributed by atoms with Crippen molar-refractivity contribution in [1.82, 2.24) is 30.8 Å². The fraction of sp³-hybridized carbons (Fsp3) is 0.679. The van der Waals surface area contributed by atoms with Gasteiger partial charge in [-0.2, -0.15) is 11.8 Å². The first-order valence-corrected chi connectivity index (χ1v) is 15.6. The number of fused-ring (bicyclic) bond motifs is 1. The number of hydrogen-bond acceptors (Lipinski definition) is 6. The summed E-state index contributed by atoms with van der Waals surface area (Å²) < 4.78 is 1.24. The Morgan fingerprint density at radius 3 is 2.35 bits per heavy atom. The van der Waals surface area contributed by atoms with Gasteiger partial charge in [0, 0.05) is 49.8 Å². The summed E-state index contributed by atoms with van der Waals surface area (Å²) in [6.07, 6.45) is 11.0. The number of thioether (sulfide) groups is 1. The summed E-state index contributed by atoms with van der Waals surface area (Å²) in [6.45, 7) is 9.18. The number of unbranched alkanes of at least 4 members (excludes halogenated alkanes) is 4. The van der Waals surface area contributed by atoms with Crippen LogP contribution in [-0.2, 0) is 16.6 Å². The number of amides is 4. The Bertz CT molecular complexity index is 1070. The number of nitrogens with one attached hydrogen (secondary N) is 5. The molecule has 226 valence electrons. The summed E-state index contributed by atoms with van der Waals surface area (Å²) in [5.74, 6) is 0.740. The molecule has 2 aliphatic heterocycles. The van der Waals surface area contributed by atoms with E-state index in [1.807, 2.05) is 39.5 Å². The van der Waals surface area contributed by atoms with E-state index in [-0.39, 0.29) is 35.5 Å². The second-order valence-corrected chi connectivity index (χ2v) is 10.5. The van der Waals surface area contributed by atoms with Gasteiger partial charge < -0.3 is 25.8 Å². The van der Waals surface area contributed by atoms with Gasteiger partial charge in [-0.25, -0.2) is 9.59 Å². The molecule has 3 rings (SSSR count). The van der Waals surface area contributed by atoms with Crippen LogP contribution >= 0.6 is 11.8 Å². The molecule has 0 aliphatic carbocycles. The zero-order valence-corrected chi connectivity index (χ0v) is 25.5. The first-order valence-electron chi connectivity index (χ1n) is 14.5. The first kappa shape index (κ1) is 35.0. The minimum Gasteiger partial charge on any atom is -0.356 e. The van der Waals surface area contributed by atoms with Crippen molar-refractivity contribution in [2.75, 3.05) is 18.8 Å². The standard InChI is InChI=1S/C24H36N6O5S.2C2H6/c1-30-14-16(22(33)29-24(30)35)10-11-20(32)26-13-7-3-2-6-12-25-19(31)9-5-4-8-18-21-17(15-36-18)27-23(34)28-21;2*1-2/h10-11,14,17-18,21H,2-9,12-13,15H2,1H3,(H,25,31)(H,26,32)(H2,27,28,34)(H,29,33,35);2*1-2H3/b11-10+;;. The van der Waals surface area contributed by atoms with Crippen LogP contribution in [0, 0.1) is 0 Å². The number of aromatic amines is 1. The predicted molar refractivity (Wildman–Crippen MR) is 162 cm³/mol. The molecular weight excluding hydrogens is 532 g/mol. The maximum Gasteiger partial charge on any atom is 0.328 e. The lowest BCUT2D eigenvalue weighted by molar-refractivity contribution is -0.121. The highest BCUT2D eigenvalue weighted by atomic mass is 32.2. The Labute approximate surface area is 241 Å². The fourth-order valence-corrected chi connectivity index (χ4v) is 5.88. The lowest BCUT2D eigenvalue weighted by Gasteiger charge is -2.16. The van der Waals surface area contributed by atoms with Gasteiger partial charge in [-0.3, -0.25) is 19.4 Å². The number of H-pyrrole nitrogens is 1. The molecule has 3 unspecified atom stereocenters. The Kier molecular flexibility index (Phi) is 17.5. The normalized spacial score (nSPS) is 18.9. The number of carbonyl (C=O) groups excluding carboxylic acids is 3. The molecule has 1 aromatic heterocycles. The zero-order chi connectivity index (χ0) is 29.9. The van der Waals surface area contributed by atoms with Crippen LogP contribution in [0.4, 0.5) is 4.79 Å². The average molecular weight is 581 g/mol. The van der Waals surface area contributed by atoms with Crippen molar-refractivity contribution < 1.29 is 14.4 Å². The van der Waals surface area contributed by atoms with Gasteiger partial charge in [0.2, 0.25) is 11.8 Å². The zero-order valence-electron chi connectivity index (χ0n) is 24.6. The van der Waals surface area contributed by atoms with Crippen LogP contribution in [0.25, 0.3) is 6.08 Å². The van der Waals surface area contributed by atoms with Crippen LogP contribution in [0.3, 0.4) is 0 Å². The Hall–Kier alpha value is -3.02. The maximum absolute atomic E-state index is 12.0. The fourth-order valence-electron chi connectivity index (χ4n) is 4.33. The molecular formula is C28H48N6O5S. The third kappa shape index (κ3) is 12.4. The lowest BCUT2D eigenvalue weighted by Crippen LogP contribution is -2.36. The van der Waals surface area contributed by atoms with E-state index in [2.05, 4.69) is 26.3 Å². The first-order chi connectivity index (χ1) is 19.3. The quantitative estimate of drug-likeness (QED) is 0.130. The number of carbonyl (C=O) groups is 3. The minimum absolute atomic E-state index is 0.0648. The molecule has 3 heterocycles. The molecule has 3 atom stereocenters. The van der Waals surface area contributed by atoms with E-state index in [0.29, 0.717) is 24.8 Å². The van der Waals surface area contributed by atoms with Gasteiger partial charge in [0.15, 0.2) is 0 Å².